The van der Waals surface area contributed by atoms with Crippen LogP contribution in [0, 0.1) is 6.92 Å². The molecule has 0 aliphatic rings. The van der Waals surface area contributed by atoms with E-state index in [2.05, 4.69) is 25.3 Å². The van der Waals surface area contributed by atoms with E-state index in [1.54, 1.807) is 35.9 Å². The van der Waals surface area contributed by atoms with Crippen molar-refractivity contribution in [1.29, 1.82) is 0 Å². The van der Waals surface area contributed by atoms with Crippen molar-refractivity contribution in [2.75, 3.05) is 19.0 Å². The van der Waals surface area contributed by atoms with E-state index in [-0.39, 0.29) is 11.4 Å². The van der Waals surface area contributed by atoms with E-state index in [4.69, 9.17) is 4.74 Å². The van der Waals surface area contributed by atoms with Crippen LogP contribution in [0.5, 0.6) is 5.75 Å². The Morgan fingerprint density at radius 3 is 2.56 bits per heavy atom. The van der Waals surface area contributed by atoms with Gasteiger partial charge in [0.25, 0.3) is 0 Å². The highest BCUT2D eigenvalue weighted by molar-refractivity contribution is 7.89. The molecule has 4 aromatic rings. The number of methoxy groups -OCH3 is 1. The van der Waals surface area contributed by atoms with Crippen molar-refractivity contribution >= 4 is 21.5 Å². The predicted octanol–water partition coefficient (Wildman–Crippen LogP) is 2.57. The van der Waals surface area contributed by atoms with Crippen LogP contribution in [0.25, 0.3) is 5.65 Å². The molecule has 32 heavy (non-hydrogen) atoms. The van der Waals surface area contributed by atoms with Gasteiger partial charge in [-0.15, -0.1) is 15.3 Å². The first-order chi connectivity index (χ1) is 15.5. The molecule has 2 aromatic carbocycles. The number of ether oxygens (including phenoxy) is 1. The minimum atomic E-state index is -3.59. The molecule has 0 radical (unpaired) electrons. The molecule has 166 valence electrons. The van der Waals surface area contributed by atoms with Crippen LogP contribution < -0.4 is 14.8 Å². The van der Waals surface area contributed by atoms with E-state index in [1.807, 2.05) is 43.3 Å². The number of benzene rings is 2. The third-order valence-electron chi connectivity index (χ3n) is 4.95. The Hall–Kier alpha value is -3.50. The number of aromatic nitrogens is 4. The summed E-state index contributed by atoms with van der Waals surface area (Å²) in [5, 5.41) is 16.1. The van der Waals surface area contributed by atoms with E-state index in [0.29, 0.717) is 30.3 Å². The first-order valence-electron chi connectivity index (χ1n) is 10.1. The molecule has 0 aliphatic carbocycles. The summed E-state index contributed by atoms with van der Waals surface area (Å²) in [6.07, 6.45) is 0.342. The number of nitrogens with zero attached hydrogens (tertiary/aromatic N) is 4. The van der Waals surface area contributed by atoms with Crippen molar-refractivity contribution < 1.29 is 13.2 Å². The van der Waals surface area contributed by atoms with E-state index < -0.39 is 10.0 Å². The number of nitrogens with one attached hydrogen (secondary N) is 2. The van der Waals surface area contributed by atoms with Crippen molar-refractivity contribution in [2.45, 2.75) is 24.8 Å². The van der Waals surface area contributed by atoms with Gasteiger partial charge in [0.15, 0.2) is 11.5 Å². The van der Waals surface area contributed by atoms with Crippen LogP contribution in [0.2, 0.25) is 0 Å². The van der Waals surface area contributed by atoms with Crippen LogP contribution >= 0.6 is 0 Å². The SMILES string of the molecule is COc1ccccc1CNc1ccc2nnc(CCNS(=O)(=O)c3ccc(C)cc3)n2n1. The van der Waals surface area contributed by atoms with Crippen LogP contribution in [0.3, 0.4) is 0 Å². The highest BCUT2D eigenvalue weighted by Crippen LogP contribution is 2.18. The Morgan fingerprint density at radius 1 is 1.00 bits per heavy atom. The molecule has 2 N–H and O–H groups in total. The molecule has 2 aromatic heterocycles. The largest absolute Gasteiger partial charge is 0.496 e. The number of aryl methyl sites for hydroxylation is 1. The van der Waals surface area contributed by atoms with E-state index in [1.165, 1.54) is 0 Å². The van der Waals surface area contributed by atoms with Crippen molar-refractivity contribution in [3.05, 3.63) is 77.6 Å². The van der Waals surface area contributed by atoms with Gasteiger partial charge in [-0.25, -0.2) is 13.1 Å². The van der Waals surface area contributed by atoms with E-state index >= 15 is 0 Å². The fraction of sp³-hybridized carbons (Fsp3) is 0.227. The molecule has 0 bridgehead atoms. The lowest BCUT2D eigenvalue weighted by Crippen LogP contribution is -2.26. The molecular formula is C22H24N6O3S. The Kier molecular flexibility index (Phi) is 6.33. The summed E-state index contributed by atoms with van der Waals surface area (Å²) >= 11 is 0. The Bertz CT molecular complexity index is 1320. The number of para-hydroxylation sites is 1. The smallest absolute Gasteiger partial charge is 0.240 e. The standard InChI is InChI=1S/C22H24N6O3S/c1-16-7-9-18(10-8-16)32(29,30)24-14-13-22-26-25-21-12-11-20(27-28(21)22)23-15-17-5-3-4-6-19(17)31-2/h3-12,24H,13-15H2,1-2H3,(H,23,27). The number of rotatable bonds is 9. The molecule has 9 nitrogen and oxygen atoms in total. The van der Waals surface area contributed by atoms with Gasteiger partial charge in [-0.3, -0.25) is 0 Å². The zero-order valence-electron chi connectivity index (χ0n) is 17.8. The number of fused-ring (bicyclic) bond motifs is 1. The summed E-state index contributed by atoms with van der Waals surface area (Å²) in [6, 6.07) is 18.1. The third kappa shape index (κ3) is 4.87. The third-order valence-corrected chi connectivity index (χ3v) is 6.43. The Morgan fingerprint density at radius 2 is 1.78 bits per heavy atom. The molecule has 0 amide bonds. The molecule has 2 heterocycles. The molecule has 0 spiro atoms. The second kappa shape index (κ2) is 9.33. The van der Waals surface area contributed by atoms with E-state index in [9.17, 15) is 8.42 Å². The first-order valence-corrected chi connectivity index (χ1v) is 11.6. The lowest BCUT2D eigenvalue weighted by molar-refractivity contribution is 0.410. The van der Waals surface area contributed by atoms with Gasteiger partial charge in [-0.05, 0) is 37.3 Å². The maximum atomic E-state index is 12.5. The molecule has 0 unspecified atom stereocenters. The van der Waals surface area contributed by atoms with Gasteiger partial charge in [0, 0.05) is 25.1 Å². The molecular weight excluding hydrogens is 428 g/mol. The molecule has 10 heteroatoms. The molecule has 4 rings (SSSR count). The average molecular weight is 453 g/mol. The summed E-state index contributed by atoms with van der Waals surface area (Å²) in [5.74, 6) is 2.00. The van der Waals surface area contributed by atoms with E-state index in [0.717, 1.165) is 16.9 Å². The van der Waals surface area contributed by atoms with Crippen LogP contribution in [0.15, 0.2) is 65.6 Å². The topological polar surface area (TPSA) is 111 Å². The lowest BCUT2D eigenvalue weighted by Gasteiger charge is -2.10. The Balaban J connectivity index is 1.43. The van der Waals surface area contributed by atoms with Crippen molar-refractivity contribution in [1.82, 2.24) is 24.5 Å². The van der Waals surface area contributed by atoms with Gasteiger partial charge in [-0.2, -0.15) is 4.52 Å². The lowest BCUT2D eigenvalue weighted by atomic mass is 10.2. The minimum Gasteiger partial charge on any atom is -0.496 e. The number of hydrogen-bond donors (Lipinski definition) is 2. The maximum Gasteiger partial charge on any atom is 0.240 e. The second-order valence-electron chi connectivity index (χ2n) is 7.23. The molecule has 0 saturated heterocycles. The fourth-order valence-electron chi connectivity index (χ4n) is 3.22. The Labute approximate surface area is 186 Å². The zero-order valence-corrected chi connectivity index (χ0v) is 18.6. The number of sulfonamides is 1. The van der Waals surface area contributed by atoms with Gasteiger partial charge >= 0.3 is 0 Å². The number of hydrogen-bond acceptors (Lipinski definition) is 7. The zero-order chi connectivity index (χ0) is 22.6. The monoisotopic (exact) mass is 452 g/mol. The fourth-order valence-corrected chi connectivity index (χ4v) is 4.25. The summed E-state index contributed by atoms with van der Waals surface area (Å²) in [6.45, 7) is 2.63. The highest BCUT2D eigenvalue weighted by Gasteiger charge is 2.14. The first kappa shape index (κ1) is 21.7. The molecule has 0 atom stereocenters. The maximum absolute atomic E-state index is 12.5. The van der Waals surface area contributed by atoms with Gasteiger partial charge in [-0.1, -0.05) is 35.9 Å². The molecule has 0 fully saturated rings. The van der Waals surface area contributed by atoms with Crippen LogP contribution in [0.4, 0.5) is 5.82 Å². The summed E-state index contributed by atoms with van der Waals surface area (Å²) in [4.78, 5) is 0.232. The van der Waals surface area contributed by atoms with Gasteiger partial charge in [0.1, 0.15) is 11.6 Å². The van der Waals surface area contributed by atoms with Crippen molar-refractivity contribution in [3.63, 3.8) is 0 Å². The summed E-state index contributed by atoms with van der Waals surface area (Å²) in [5.41, 5.74) is 2.59. The predicted molar refractivity (Wildman–Crippen MR) is 121 cm³/mol. The quantitative estimate of drug-likeness (QED) is 0.402. The van der Waals surface area contributed by atoms with Crippen LogP contribution in [0.1, 0.15) is 17.0 Å². The summed E-state index contributed by atoms with van der Waals surface area (Å²) < 4.78 is 34.5. The van der Waals surface area contributed by atoms with Gasteiger partial charge < -0.3 is 10.1 Å². The normalized spacial score (nSPS) is 11.6. The molecule has 0 saturated carbocycles. The van der Waals surface area contributed by atoms with Gasteiger partial charge in [0.2, 0.25) is 10.0 Å². The van der Waals surface area contributed by atoms with Crippen molar-refractivity contribution in [3.8, 4) is 5.75 Å². The highest BCUT2D eigenvalue weighted by atomic mass is 32.2. The molecule has 0 aliphatic heterocycles. The minimum absolute atomic E-state index is 0.178. The van der Waals surface area contributed by atoms with Gasteiger partial charge in [0.05, 0.1) is 12.0 Å². The van der Waals surface area contributed by atoms with Crippen LogP contribution in [-0.4, -0.2) is 41.9 Å². The van der Waals surface area contributed by atoms with Crippen LogP contribution in [-0.2, 0) is 23.0 Å². The second-order valence-corrected chi connectivity index (χ2v) is 9.00. The number of anilines is 1. The summed E-state index contributed by atoms with van der Waals surface area (Å²) in [7, 11) is -1.95. The van der Waals surface area contributed by atoms with Crippen molar-refractivity contribution in [2.24, 2.45) is 0 Å². The average Bonchev–Trinajstić information content (AvgIpc) is 3.20.